The van der Waals surface area contributed by atoms with E-state index >= 15 is 0 Å². The molecule has 1 saturated heterocycles. The summed E-state index contributed by atoms with van der Waals surface area (Å²) in [5.74, 6) is -1.51. The normalized spacial score (nSPS) is 17.8. The molecule has 0 saturated carbocycles. The molecule has 1 N–H and O–H groups in total. The molecule has 23 heavy (non-hydrogen) atoms. The van der Waals surface area contributed by atoms with Crippen LogP contribution in [0.25, 0.3) is 0 Å². The number of ether oxygens (including phenoxy) is 1. The zero-order valence-electron chi connectivity index (χ0n) is 12.9. The van der Waals surface area contributed by atoms with Gasteiger partial charge >= 0.3 is 5.97 Å². The molecule has 2 heterocycles. The summed E-state index contributed by atoms with van der Waals surface area (Å²) in [5, 5.41) is 12.8. The highest BCUT2D eigenvalue weighted by Gasteiger charge is 2.27. The number of hydrogen-bond acceptors (Lipinski definition) is 5. The van der Waals surface area contributed by atoms with Gasteiger partial charge in [0.1, 0.15) is 13.1 Å². The zero-order valence-corrected chi connectivity index (χ0v) is 12.9. The molecule has 1 aliphatic heterocycles. The summed E-state index contributed by atoms with van der Waals surface area (Å²) in [6.07, 6.45) is 2.92. The van der Waals surface area contributed by atoms with E-state index in [4.69, 9.17) is 9.84 Å². The highest BCUT2D eigenvalue weighted by Crippen LogP contribution is 2.08. The molecule has 1 aromatic heterocycles. The fourth-order valence-electron chi connectivity index (χ4n) is 2.40. The molecule has 1 fully saturated rings. The third-order valence-electron chi connectivity index (χ3n) is 3.54. The van der Waals surface area contributed by atoms with E-state index < -0.39 is 12.1 Å². The van der Waals surface area contributed by atoms with E-state index in [1.165, 1.54) is 11.8 Å². The van der Waals surface area contributed by atoms with Gasteiger partial charge in [0.25, 0.3) is 0 Å². The van der Waals surface area contributed by atoms with Crippen molar-refractivity contribution in [3.63, 3.8) is 0 Å². The highest BCUT2D eigenvalue weighted by atomic mass is 16.5. The van der Waals surface area contributed by atoms with Crippen molar-refractivity contribution in [3.8, 4) is 0 Å². The van der Waals surface area contributed by atoms with Crippen LogP contribution in [0.3, 0.4) is 0 Å². The van der Waals surface area contributed by atoms with Crippen LogP contribution < -0.4 is 0 Å². The number of amides is 2. The largest absolute Gasteiger partial charge is 0.480 e. The standard InChI is InChI=1S/C14H20N4O5/c1-11(19)17(10-14(21)22)8-12-7-16(5-6-23-12)13(20)9-18-4-2-3-15-18/h2-4,12H,5-10H2,1H3,(H,21,22). The lowest BCUT2D eigenvalue weighted by molar-refractivity contribution is -0.148. The third-order valence-corrected chi connectivity index (χ3v) is 3.54. The summed E-state index contributed by atoms with van der Waals surface area (Å²) in [6, 6.07) is 1.74. The first kappa shape index (κ1) is 16.9. The first-order valence-corrected chi connectivity index (χ1v) is 7.30. The van der Waals surface area contributed by atoms with Gasteiger partial charge in [-0.05, 0) is 6.07 Å². The zero-order chi connectivity index (χ0) is 16.8. The van der Waals surface area contributed by atoms with Crippen molar-refractivity contribution in [1.82, 2.24) is 19.6 Å². The molecule has 9 nitrogen and oxygen atoms in total. The summed E-state index contributed by atoms with van der Waals surface area (Å²) in [7, 11) is 0. The van der Waals surface area contributed by atoms with E-state index in [1.54, 1.807) is 28.0 Å². The Morgan fingerprint density at radius 2 is 2.22 bits per heavy atom. The van der Waals surface area contributed by atoms with Crippen LogP contribution in [0.15, 0.2) is 18.5 Å². The SMILES string of the molecule is CC(=O)N(CC(=O)O)CC1CN(C(=O)Cn2cccn2)CCO1. The topological polar surface area (TPSA) is 105 Å². The van der Waals surface area contributed by atoms with Crippen LogP contribution in [0.2, 0.25) is 0 Å². The number of carboxylic acid groups (broad SMARTS) is 1. The highest BCUT2D eigenvalue weighted by molar-refractivity contribution is 5.79. The molecule has 9 heteroatoms. The maximum atomic E-state index is 12.2. The maximum absolute atomic E-state index is 12.2. The molecule has 0 radical (unpaired) electrons. The number of nitrogens with zero attached hydrogens (tertiary/aromatic N) is 4. The van der Waals surface area contributed by atoms with Gasteiger partial charge in [-0.2, -0.15) is 5.10 Å². The van der Waals surface area contributed by atoms with Crippen molar-refractivity contribution >= 4 is 17.8 Å². The van der Waals surface area contributed by atoms with E-state index in [0.29, 0.717) is 19.7 Å². The summed E-state index contributed by atoms with van der Waals surface area (Å²) >= 11 is 0. The molecule has 1 aliphatic rings. The molecule has 126 valence electrons. The quantitative estimate of drug-likeness (QED) is 0.723. The van der Waals surface area contributed by atoms with E-state index in [9.17, 15) is 14.4 Å². The Labute approximate surface area is 133 Å². The van der Waals surface area contributed by atoms with Gasteiger partial charge in [-0.3, -0.25) is 19.1 Å². The van der Waals surface area contributed by atoms with E-state index in [1.807, 2.05) is 0 Å². The minimum atomic E-state index is -1.08. The first-order chi connectivity index (χ1) is 11.0. The average Bonchev–Trinajstić information content (AvgIpc) is 2.99. The maximum Gasteiger partial charge on any atom is 0.323 e. The second-order valence-electron chi connectivity index (χ2n) is 5.33. The van der Waals surface area contributed by atoms with Gasteiger partial charge in [-0.15, -0.1) is 0 Å². The van der Waals surface area contributed by atoms with Crippen LogP contribution in [0.4, 0.5) is 0 Å². The molecule has 0 bridgehead atoms. The molecule has 1 atom stereocenters. The number of morpholine rings is 1. The summed E-state index contributed by atoms with van der Waals surface area (Å²) in [4.78, 5) is 37.4. The van der Waals surface area contributed by atoms with E-state index in [0.717, 1.165) is 0 Å². The van der Waals surface area contributed by atoms with Gasteiger partial charge in [-0.1, -0.05) is 0 Å². The Morgan fingerprint density at radius 1 is 1.43 bits per heavy atom. The van der Waals surface area contributed by atoms with Crippen molar-refractivity contribution in [2.75, 3.05) is 32.8 Å². The van der Waals surface area contributed by atoms with Gasteiger partial charge in [0, 0.05) is 39.0 Å². The summed E-state index contributed by atoms with van der Waals surface area (Å²) in [6.45, 7) is 2.37. The Hall–Kier alpha value is -2.42. The summed E-state index contributed by atoms with van der Waals surface area (Å²) < 4.78 is 7.09. The molecular weight excluding hydrogens is 304 g/mol. The van der Waals surface area contributed by atoms with Crippen LogP contribution in [-0.4, -0.2) is 81.4 Å². The molecule has 0 aliphatic carbocycles. The number of hydrogen-bond donors (Lipinski definition) is 1. The Kier molecular flexibility index (Phi) is 5.69. The number of carbonyl (C=O) groups excluding carboxylic acids is 2. The van der Waals surface area contributed by atoms with E-state index in [2.05, 4.69) is 5.10 Å². The lowest BCUT2D eigenvalue weighted by Gasteiger charge is -2.35. The molecule has 1 aromatic rings. The van der Waals surface area contributed by atoms with Crippen LogP contribution >= 0.6 is 0 Å². The molecule has 2 amide bonds. The molecule has 0 spiro atoms. The van der Waals surface area contributed by atoms with Gasteiger partial charge in [0.05, 0.1) is 12.7 Å². The Bertz CT molecular complexity index is 560. The van der Waals surface area contributed by atoms with Crippen molar-refractivity contribution in [2.45, 2.75) is 19.6 Å². The first-order valence-electron chi connectivity index (χ1n) is 7.30. The van der Waals surface area contributed by atoms with Crippen LogP contribution in [0.5, 0.6) is 0 Å². The number of aromatic nitrogens is 2. The summed E-state index contributed by atoms with van der Waals surface area (Å²) in [5.41, 5.74) is 0. The van der Waals surface area contributed by atoms with Gasteiger partial charge in [0.2, 0.25) is 11.8 Å². The minimum Gasteiger partial charge on any atom is -0.480 e. The van der Waals surface area contributed by atoms with Crippen molar-refractivity contribution in [2.24, 2.45) is 0 Å². The fourth-order valence-corrected chi connectivity index (χ4v) is 2.40. The van der Waals surface area contributed by atoms with Crippen LogP contribution in [-0.2, 0) is 25.7 Å². The van der Waals surface area contributed by atoms with E-state index in [-0.39, 0.29) is 31.4 Å². The predicted octanol–water partition coefficient (Wildman–Crippen LogP) is -0.956. The minimum absolute atomic E-state index is 0.0883. The number of carboxylic acids is 1. The number of aliphatic carboxylic acids is 1. The predicted molar refractivity (Wildman–Crippen MR) is 78.4 cm³/mol. The Balaban J connectivity index is 1.90. The average molecular weight is 324 g/mol. The smallest absolute Gasteiger partial charge is 0.323 e. The number of carbonyl (C=O) groups is 3. The number of rotatable bonds is 6. The van der Waals surface area contributed by atoms with Gasteiger partial charge in [0.15, 0.2) is 0 Å². The molecule has 0 aromatic carbocycles. The lowest BCUT2D eigenvalue weighted by Crippen LogP contribution is -2.51. The van der Waals surface area contributed by atoms with Crippen molar-refractivity contribution in [3.05, 3.63) is 18.5 Å². The Morgan fingerprint density at radius 3 is 2.83 bits per heavy atom. The van der Waals surface area contributed by atoms with Crippen LogP contribution in [0, 0.1) is 0 Å². The third kappa shape index (κ3) is 5.06. The molecular formula is C14H20N4O5. The van der Waals surface area contributed by atoms with Crippen molar-refractivity contribution < 1.29 is 24.2 Å². The second-order valence-corrected chi connectivity index (χ2v) is 5.33. The van der Waals surface area contributed by atoms with Crippen LogP contribution in [0.1, 0.15) is 6.92 Å². The van der Waals surface area contributed by atoms with Gasteiger partial charge < -0.3 is 19.6 Å². The fraction of sp³-hybridized carbons (Fsp3) is 0.571. The van der Waals surface area contributed by atoms with Gasteiger partial charge in [-0.25, -0.2) is 0 Å². The lowest BCUT2D eigenvalue weighted by atomic mass is 10.2. The van der Waals surface area contributed by atoms with Crippen molar-refractivity contribution in [1.29, 1.82) is 0 Å². The second kappa shape index (κ2) is 7.73. The molecule has 2 rings (SSSR count). The molecule has 1 unspecified atom stereocenters. The monoisotopic (exact) mass is 324 g/mol.